The first-order valence-electron chi connectivity index (χ1n) is 6.92. The molecule has 2 N–H and O–H groups in total. The van der Waals surface area contributed by atoms with Gasteiger partial charge >= 0.3 is 0 Å². The summed E-state index contributed by atoms with van der Waals surface area (Å²) in [5.41, 5.74) is -0.228. The molecule has 1 amide bonds. The van der Waals surface area contributed by atoms with Crippen molar-refractivity contribution in [1.82, 2.24) is 0 Å². The molecule has 2 aromatic carbocycles. The molecule has 0 fully saturated rings. The molecule has 0 spiro atoms. The third kappa shape index (κ3) is 2.56. The highest BCUT2D eigenvalue weighted by Gasteiger charge is 2.32. The molecule has 0 bridgehead atoms. The van der Waals surface area contributed by atoms with E-state index in [0.29, 0.717) is 0 Å². The number of hydrogen-bond donors (Lipinski definition) is 1. The standard InChI is InChI=1S/C16H11Cl2F2N3O/c1-7-16(24)23(21)11-6-5-8(17)14(18)13(11)15(22-7)12-9(19)3-2-4-10(12)20/h2-7H,21H2,1H3. The van der Waals surface area contributed by atoms with Crippen molar-refractivity contribution in [2.24, 2.45) is 10.8 Å². The molecule has 1 aliphatic rings. The van der Waals surface area contributed by atoms with E-state index in [2.05, 4.69) is 4.99 Å². The molecule has 24 heavy (non-hydrogen) atoms. The van der Waals surface area contributed by atoms with Crippen LogP contribution in [-0.4, -0.2) is 17.7 Å². The average molecular weight is 370 g/mol. The van der Waals surface area contributed by atoms with Gasteiger partial charge in [-0.05, 0) is 31.2 Å². The molecule has 1 heterocycles. The number of carbonyl (C=O) groups excluding carboxylic acids is 1. The molecule has 124 valence electrons. The Morgan fingerprint density at radius 3 is 2.38 bits per heavy atom. The van der Waals surface area contributed by atoms with Crippen molar-refractivity contribution in [1.29, 1.82) is 0 Å². The van der Waals surface area contributed by atoms with Crippen LogP contribution in [0.4, 0.5) is 14.5 Å². The maximum atomic E-state index is 14.3. The van der Waals surface area contributed by atoms with Crippen LogP contribution in [0, 0.1) is 11.6 Å². The van der Waals surface area contributed by atoms with E-state index in [-0.39, 0.29) is 27.0 Å². The van der Waals surface area contributed by atoms with Crippen molar-refractivity contribution in [3.63, 3.8) is 0 Å². The van der Waals surface area contributed by atoms with E-state index in [1.54, 1.807) is 0 Å². The van der Waals surface area contributed by atoms with Crippen molar-refractivity contribution in [2.75, 3.05) is 5.01 Å². The van der Waals surface area contributed by atoms with Gasteiger partial charge < -0.3 is 0 Å². The van der Waals surface area contributed by atoms with Crippen LogP contribution >= 0.6 is 23.2 Å². The Kier molecular flexibility index (Phi) is 4.29. The first-order valence-corrected chi connectivity index (χ1v) is 7.67. The van der Waals surface area contributed by atoms with Crippen molar-refractivity contribution in [3.05, 3.63) is 63.1 Å². The van der Waals surface area contributed by atoms with Crippen LogP contribution in [0.15, 0.2) is 35.3 Å². The highest BCUT2D eigenvalue weighted by Crippen LogP contribution is 2.37. The zero-order valence-electron chi connectivity index (χ0n) is 12.4. The number of anilines is 1. The van der Waals surface area contributed by atoms with Crippen LogP contribution in [0.2, 0.25) is 10.0 Å². The van der Waals surface area contributed by atoms with E-state index < -0.39 is 29.1 Å². The van der Waals surface area contributed by atoms with Gasteiger partial charge in [-0.15, -0.1) is 0 Å². The van der Waals surface area contributed by atoms with Gasteiger partial charge in [0.05, 0.1) is 27.0 Å². The van der Waals surface area contributed by atoms with E-state index in [0.717, 1.165) is 17.1 Å². The van der Waals surface area contributed by atoms with Crippen LogP contribution < -0.4 is 10.9 Å². The molecule has 2 aromatic rings. The first kappa shape index (κ1) is 16.8. The highest BCUT2D eigenvalue weighted by atomic mass is 35.5. The van der Waals surface area contributed by atoms with Gasteiger partial charge in [0, 0.05) is 5.56 Å². The van der Waals surface area contributed by atoms with Crippen LogP contribution in [0.3, 0.4) is 0 Å². The second kappa shape index (κ2) is 6.12. The lowest BCUT2D eigenvalue weighted by molar-refractivity contribution is -0.119. The van der Waals surface area contributed by atoms with Crippen molar-refractivity contribution >= 4 is 40.5 Å². The van der Waals surface area contributed by atoms with Crippen molar-refractivity contribution in [3.8, 4) is 0 Å². The molecular weight excluding hydrogens is 359 g/mol. The van der Waals surface area contributed by atoms with Crippen LogP contribution in [0.25, 0.3) is 0 Å². The SMILES string of the molecule is CC1N=C(c2c(F)cccc2F)c2c(ccc(Cl)c2Cl)N(N)C1=O. The zero-order chi connectivity index (χ0) is 17.6. The van der Waals surface area contributed by atoms with Gasteiger partial charge in [-0.3, -0.25) is 9.79 Å². The number of nitrogens with zero attached hydrogens (tertiary/aromatic N) is 2. The number of aliphatic imine (C=N–C) groups is 1. The summed E-state index contributed by atoms with van der Waals surface area (Å²) in [6, 6.07) is 5.36. The number of amides is 1. The number of hydrazine groups is 1. The van der Waals surface area contributed by atoms with E-state index in [9.17, 15) is 13.6 Å². The summed E-state index contributed by atoms with van der Waals surface area (Å²) in [6.07, 6.45) is 0. The van der Waals surface area contributed by atoms with Crippen molar-refractivity contribution < 1.29 is 13.6 Å². The number of benzodiazepines with no additional fused rings is 1. The lowest BCUT2D eigenvalue weighted by Crippen LogP contribution is -2.42. The summed E-state index contributed by atoms with van der Waals surface area (Å²) >= 11 is 12.3. The molecule has 0 radical (unpaired) electrons. The average Bonchev–Trinajstić information content (AvgIpc) is 2.62. The van der Waals surface area contributed by atoms with Gasteiger partial charge in [-0.2, -0.15) is 0 Å². The Hall–Kier alpha value is -2.02. The summed E-state index contributed by atoms with van der Waals surface area (Å²) in [7, 11) is 0. The number of carbonyl (C=O) groups is 1. The maximum absolute atomic E-state index is 14.3. The predicted molar refractivity (Wildman–Crippen MR) is 89.6 cm³/mol. The van der Waals surface area contributed by atoms with Crippen LogP contribution in [0.5, 0.6) is 0 Å². The van der Waals surface area contributed by atoms with Gasteiger partial charge in [-0.25, -0.2) is 19.6 Å². The summed E-state index contributed by atoms with van der Waals surface area (Å²) in [4.78, 5) is 16.4. The molecule has 8 heteroatoms. The van der Waals surface area contributed by atoms with Gasteiger partial charge in [0.2, 0.25) is 0 Å². The highest BCUT2D eigenvalue weighted by molar-refractivity contribution is 6.45. The Bertz CT molecular complexity index is 866. The Balaban J connectivity index is 2.41. The molecule has 1 aliphatic heterocycles. The zero-order valence-corrected chi connectivity index (χ0v) is 13.9. The molecule has 4 nitrogen and oxygen atoms in total. The molecule has 0 aliphatic carbocycles. The smallest absolute Gasteiger partial charge is 0.265 e. The largest absolute Gasteiger partial charge is 0.271 e. The molecule has 1 atom stereocenters. The number of fused-ring (bicyclic) bond motifs is 1. The molecule has 0 saturated heterocycles. The third-order valence-corrected chi connectivity index (χ3v) is 4.49. The minimum absolute atomic E-state index is 0.00733. The lowest BCUT2D eigenvalue weighted by atomic mass is 9.99. The van der Waals surface area contributed by atoms with Crippen LogP contribution in [-0.2, 0) is 4.79 Å². The maximum Gasteiger partial charge on any atom is 0.265 e. The van der Waals surface area contributed by atoms with Gasteiger partial charge in [0.1, 0.15) is 17.7 Å². The lowest BCUT2D eigenvalue weighted by Gasteiger charge is -2.19. The fraction of sp³-hybridized carbons (Fsp3) is 0.125. The Morgan fingerprint density at radius 1 is 1.12 bits per heavy atom. The molecule has 0 aromatic heterocycles. The second-order valence-electron chi connectivity index (χ2n) is 5.21. The van der Waals surface area contributed by atoms with Gasteiger partial charge in [0.25, 0.3) is 5.91 Å². The first-order chi connectivity index (χ1) is 11.3. The number of hydrogen-bond acceptors (Lipinski definition) is 3. The normalized spacial score (nSPS) is 17.4. The number of halogens is 4. The Labute approximate surface area is 146 Å². The monoisotopic (exact) mass is 369 g/mol. The van der Waals surface area contributed by atoms with E-state index >= 15 is 0 Å². The summed E-state index contributed by atoms with van der Waals surface area (Å²) < 4.78 is 28.6. The molecule has 1 unspecified atom stereocenters. The van der Waals surface area contributed by atoms with E-state index in [4.69, 9.17) is 29.0 Å². The summed E-state index contributed by atoms with van der Waals surface area (Å²) in [6.45, 7) is 1.47. The van der Waals surface area contributed by atoms with Crippen LogP contribution in [0.1, 0.15) is 18.1 Å². The third-order valence-electron chi connectivity index (χ3n) is 3.69. The minimum atomic E-state index is -0.953. The number of nitrogens with two attached hydrogens (primary N) is 1. The Morgan fingerprint density at radius 2 is 1.75 bits per heavy atom. The second-order valence-corrected chi connectivity index (χ2v) is 6.00. The fourth-order valence-electron chi connectivity index (χ4n) is 2.51. The molecule has 0 saturated carbocycles. The number of rotatable bonds is 1. The predicted octanol–water partition coefficient (Wildman–Crippen LogP) is 3.72. The van der Waals surface area contributed by atoms with Gasteiger partial charge in [-0.1, -0.05) is 29.3 Å². The quantitative estimate of drug-likeness (QED) is 0.615. The molecule has 3 rings (SSSR count). The van der Waals surface area contributed by atoms with E-state index in [1.165, 1.54) is 25.1 Å². The van der Waals surface area contributed by atoms with Gasteiger partial charge in [0.15, 0.2) is 0 Å². The topological polar surface area (TPSA) is 58.7 Å². The fourth-order valence-corrected chi connectivity index (χ4v) is 2.92. The summed E-state index contributed by atoms with van der Waals surface area (Å²) in [5.74, 6) is 3.63. The number of benzene rings is 2. The van der Waals surface area contributed by atoms with Crippen molar-refractivity contribution in [2.45, 2.75) is 13.0 Å². The minimum Gasteiger partial charge on any atom is -0.271 e. The summed E-state index contributed by atoms with van der Waals surface area (Å²) in [5, 5.41) is 1.01. The van der Waals surface area contributed by atoms with E-state index in [1.807, 2.05) is 0 Å². The molecular formula is C16H11Cl2F2N3O.